The maximum absolute atomic E-state index is 10.2. The smallest absolute Gasteiger partial charge is 0.407 e. The van der Waals surface area contributed by atoms with Gasteiger partial charge in [-0.05, 0) is 12.0 Å². The molecule has 20 heavy (non-hydrogen) atoms. The molecule has 1 aliphatic heterocycles. The molecule has 0 saturated carbocycles. The van der Waals surface area contributed by atoms with Crippen LogP contribution in [-0.4, -0.2) is 53.5 Å². The number of carbonyl (C=O) groups is 2. The van der Waals surface area contributed by atoms with Crippen LogP contribution >= 0.6 is 0 Å². The van der Waals surface area contributed by atoms with Crippen LogP contribution in [0.3, 0.4) is 0 Å². The van der Waals surface area contributed by atoms with Gasteiger partial charge in [-0.15, -0.1) is 0 Å². The first-order valence-corrected chi connectivity index (χ1v) is 6.41. The number of aliphatic carboxylic acids is 1. The molecule has 1 aromatic carbocycles. The zero-order chi connectivity index (χ0) is 14.8. The van der Waals surface area contributed by atoms with E-state index in [0.29, 0.717) is 32.7 Å². The topological polar surface area (TPSA) is 87.1 Å². The second-order valence-electron chi connectivity index (χ2n) is 4.26. The number of hydrogen-bond donors (Lipinski definition) is 2. The van der Waals surface area contributed by atoms with Crippen LogP contribution in [0.4, 0.5) is 4.79 Å². The van der Waals surface area contributed by atoms with E-state index in [4.69, 9.17) is 14.9 Å². The molecule has 6 nitrogen and oxygen atoms in total. The monoisotopic (exact) mass is 281 g/mol. The number of nitrogens with zero attached hydrogens (tertiary/aromatic N) is 1. The van der Waals surface area contributed by atoms with Crippen molar-refractivity contribution < 1.29 is 24.5 Å². The number of aryl methyl sites for hydroxylation is 1. The van der Waals surface area contributed by atoms with E-state index in [1.54, 1.807) is 0 Å². The van der Waals surface area contributed by atoms with E-state index in [2.05, 4.69) is 0 Å². The predicted molar refractivity (Wildman–Crippen MR) is 72.8 cm³/mol. The summed E-state index contributed by atoms with van der Waals surface area (Å²) in [6.45, 7) is 2.09. The molecule has 110 valence electrons. The third-order valence-corrected chi connectivity index (χ3v) is 2.75. The lowest BCUT2D eigenvalue weighted by molar-refractivity contribution is -0.136. The summed E-state index contributed by atoms with van der Waals surface area (Å²) in [6.07, 6.45) is -0.0153. The fourth-order valence-corrected chi connectivity index (χ4v) is 1.65. The number of hydrogen-bond acceptors (Lipinski definition) is 3. The molecule has 1 heterocycles. The summed E-state index contributed by atoms with van der Waals surface area (Å²) in [5.41, 5.74) is 1.08. The lowest BCUT2D eigenvalue weighted by Crippen LogP contribution is -2.39. The van der Waals surface area contributed by atoms with Gasteiger partial charge in [-0.3, -0.25) is 4.79 Å². The standard InChI is InChI=1S/C9H10O2.C5H9NO3/c10-9(11)7-6-8-4-2-1-3-5-8;7-5(8)6-1-3-9-4-2-6/h1-5H,6-7H2,(H,10,11);1-4H2,(H,7,8). The molecule has 0 radical (unpaired) electrons. The van der Waals surface area contributed by atoms with E-state index in [0.717, 1.165) is 5.56 Å². The molecule has 0 spiro atoms. The second-order valence-corrected chi connectivity index (χ2v) is 4.26. The summed E-state index contributed by atoms with van der Waals surface area (Å²) in [5, 5.41) is 16.8. The zero-order valence-electron chi connectivity index (χ0n) is 11.2. The predicted octanol–water partition coefficient (Wildman–Crippen LogP) is 1.70. The molecule has 1 fully saturated rings. The number of morpholine rings is 1. The van der Waals surface area contributed by atoms with Crippen molar-refractivity contribution in [2.75, 3.05) is 26.3 Å². The number of carboxylic acids is 1. The van der Waals surface area contributed by atoms with Crippen molar-refractivity contribution in [2.24, 2.45) is 0 Å². The van der Waals surface area contributed by atoms with Crippen molar-refractivity contribution in [1.82, 2.24) is 4.90 Å². The highest BCUT2D eigenvalue weighted by molar-refractivity contribution is 5.67. The van der Waals surface area contributed by atoms with Gasteiger partial charge in [0.05, 0.1) is 13.2 Å². The van der Waals surface area contributed by atoms with Gasteiger partial charge >= 0.3 is 12.1 Å². The molecule has 1 aliphatic rings. The van der Waals surface area contributed by atoms with Crippen LogP contribution in [0.25, 0.3) is 0 Å². The molecule has 0 unspecified atom stereocenters. The van der Waals surface area contributed by atoms with E-state index < -0.39 is 12.1 Å². The average molecular weight is 281 g/mol. The van der Waals surface area contributed by atoms with Gasteiger partial charge in [0.2, 0.25) is 0 Å². The highest BCUT2D eigenvalue weighted by Gasteiger charge is 2.14. The maximum atomic E-state index is 10.2. The van der Waals surface area contributed by atoms with Crippen LogP contribution in [0.15, 0.2) is 30.3 Å². The minimum absolute atomic E-state index is 0.212. The van der Waals surface area contributed by atoms with Crippen molar-refractivity contribution >= 4 is 12.1 Å². The highest BCUT2D eigenvalue weighted by Crippen LogP contribution is 2.01. The zero-order valence-corrected chi connectivity index (χ0v) is 11.2. The quantitative estimate of drug-likeness (QED) is 0.880. The lowest BCUT2D eigenvalue weighted by Gasteiger charge is -2.23. The molecule has 2 N–H and O–H groups in total. The SMILES string of the molecule is O=C(O)CCc1ccccc1.O=C(O)N1CCOCC1. The first-order valence-electron chi connectivity index (χ1n) is 6.41. The van der Waals surface area contributed by atoms with E-state index in [-0.39, 0.29) is 6.42 Å². The van der Waals surface area contributed by atoms with E-state index in [1.165, 1.54) is 4.90 Å². The fourth-order valence-electron chi connectivity index (χ4n) is 1.65. The summed E-state index contributed by atoms with van der Waals surface area (Å²) < 4.78 is 4.94. The van der Waals surface area contributed by atoms with Crippen molar-refractivity contribution in [3.63, 3.8) is 0 Å². The Morgan fingerprint density at radius 1 is 1.10 bits per heavy atom. The number of benzene rings is 1. The average Bonchev–Trinajstić information content (AvgIpc) is 2.48. The normalized spacial score (nSPS) is 14.1. The first kappa shape index (κ1) is 16.0. The van der Waals surface area contributed by atoms with E-state index in [9.17, 15) is 9.59 Å². The third-order valence-electron chi connectivity index (χ3n) is 2.75. The summed E-state index contributed by atoms with van der Waals surface area (Å²) in [4.78, 5) is 21.7. The maximum Gasteiger partial charge on any atom is 0.407 e. The van der Waals surface area contributed by atoms with Gasteiger partial charge in [0, 0.05) is 19.5 Å². The summed E-state index contributed by atoms with van der Waals surface area (Å²) in [7, 11) is 0. The Morgan fingerprint density at radius 2 is 1.70 bits per heavy atom. The Bertz CT molecular complexity index is 415. The highest BCUT2D eigenvalue weighted by atomic mass is 16.5. The number of amides is 1. The third kappa shape index (κ3) is 6.75. The van der Waals surface area contributed by atoms with Crippen LogP contribution in [0.1, 0.15) is 12.0 Å². The minimum atomic E-state index is -0.849. The molecule has 6 heteroatoms. The van der Waals surface area contributed by atoms with Crippen molar-refractivity contribution in [1.29, 1.82) is 0 Å². The Hall–Kier alpha value is -2.08. The largest absolute Gasteiger partial charge is 0.481 e. The molecular formula is C14H19NO5. The summed E-state index contributed by atoms with van der Waals surface area (Å²) in [5.74, 6) is -0.742. The van der Waals surface area contributed by atoms with E-state index >= 15 is 0 Å². The van der Waals surface area contributed by atoms with Gasteiger partial charge in [0.25, 0.3) is 0 Å². The Balaban J connectivity index is 0.000000204. The Morgan fingerprint density at radius 3 is 2.15 bits per heavy atom. The Labute approximate surface area is 117 Å². The van der Waals surface area contributed by atoms with Gasteiger partial charge in [0.15, 0.2) is 0 Å². The fraction of sp³-hybridized carbons (Fsp3) is 0.429. The van der Waals surface area contributed by atoms with Gasteiger partial charge in [-0.1, -0.05) is 30.3 Å². The van der Waals surface area contributed by atoms with Gasteiger partial charge in [0.1, 0.15) is 0 Å². The van der Waals surface area contributed by atoms with Crippen LogP contribution in [0.5, 0.6) is 0 Å². The number of ether oxygens (including phenoxy) is 1. The first-order chi connectivity index (χ1) is 9.59. The second kappa shape index (κ2) is 8.92. The lowest BCUT2D eigenvalue weighted by atomic mass is 10.1. The molecule has 1 saturated heterocycles. The van der Waals surface area contributed by atoms with Gasteiger partial charge < -0.3 is 19.8 Å². The van der Waals surface area contributed by atoms with Crippen molar-refractivity contribution in [3.8, 4) is 0 Å². The van der Waals surface area contributed by atoms with Crippen LogP contribution in [-0.2, 0) is 16.0 Å². The van der Waals surface area contributed by atoms with Crippen LogP contribution in [0, 0.1) is 0 Å². The van der Waals surface area contributed by atoms with E-state index in [1.807, 2.05) is 30.3 Å². The van der Waals surface area contributed by atoms with Crippen LogP contribution < -0.4 is 0 Å². The van der Waals surface area contributed by atoms with Gasteiger partial charge in [-0.25, -0.2) is 4.79 Å². The molecule has 0 atom stereocenters. The van der Waals surface area contributed by atoms with Gasteiger partial charge in [-0.2, -0.15) is 0 Å². The molecule has 2 rings (SSSR count). The molecule has 1 amide bonds. The van der Waals surface area contributed by atoms with Crippen LogP contribution in [0.2, 0.25) is 0 Å². The summed E-state index contributed by atoms with van der Waals surface area (Å²) >= 11 is 0. The van der Waals surface area contributed by atoms with Crippen molar-refractivity contribution in [2.45, 2.75) is 12.8 Å². The molecule has 0 bridgehead atoms. The minimum Gasteiger partial charge on any atom is -0.481 e. The Kier molecular flexibility index (Phi) is 7.13. The van der Waals surface area contributed by atoms with Crippen molar-refractivity contribution in [3.05, 3.63) is 35.9 Å². The molecule has 0 aliphatic carbocycles. The summed E-state index contributed by atoms with van der Waals surface area (Å²) in [6, 6.07) is 9.62. The number of rotatable bonds is 3. The molecule has 0 aromatic heterocycles. The molecule has 1 aromatic rings. The molecular weight excluding hydrogens is 262 g/mol. The number of carboxylic acid groups (broad SMARTS) is 2.